The lowest BCUT2D eigenvalue weighted by Gasteiger charge is -2.09. The van der Waals surface area contributed by atoms with Crippen LogP contribution in [0.3, 0.4) is 0 Å². The maximum Gasteiger partial charge on any atom is 0.389 e. The molecule has 1 aromatic heterocycles. The van der Waals surface area contributed by atoms with E-state index in [1.165, 1.54) is 17.8 Å². The van der Waals surface area contributed by atoms with Crippen LogP contribution >= 0.6 is 11.8 Å². The van der Waals surface area contributed by atoms with Gasteiger partial charge in [-0.3, -0.25) is 0 Å². The highest BCUT2D eigenvalue weighted by atomic mass is 32.2. The predicted octanol–water partition coefficient (Wildman–Crippen LogP) is 2.21. The highest BCUT2D eigenvalue weighted by Crippen LogP contribution is 2.22. The summed E-state index contributed by atoms with van der Waals surface area (Å²) in [5.41, 5.74) is 2.33. The molecule has 0 amide bonds. The Kier molecular flexibility index (Phi) is 5.48. The molecule has 18 heavy (non-hydrogen) atoms. The van der Waals surface area contributed by atoms with Gasteiger partial charge in [-0.15, -0.1) is 0 Å². The van der Waals surface area contributed by atoms with E-state index < -0.39 is 12.6 Å². The topological polar surface area (TPSA) is 73.1 Å². The standard InChI is InChI=1S/C9H13F3N4OS/c1-18-8-14-6(16-13)5-7(15-8)17-4-2-3-9(10,11)12/h5H,2-4,13H2,1H3,(H,14,15,16). The average Bonchev–Trinajstić information content (AvgIpc) is 2.33. The van der Waals surface area contributed by atoms with Crippen molar-refractivity contribution in [3.8, 4) is 5.88 Å². The van der Waals surface area contributed by atoms with Gasteiger partial charge in [-0.25, -0.2) is 10.8 Å². The molecule has 0 aliphatic carbocycles. The van der Waals surface area contributed by atoms with E-state index in [9.17, 15) is 13.2 Å². The number of anilines is 1. The molecule has 0 aromatic carbocycles. The van der Waals surface area contributed by atoms with Crippen LogP contribution in [0.1, 0.15) is 12.8 Å². The third-order valence-corrected chi connectivity index (χ3v) is 2.41. The van der Waals surface area contributed by atoms with E-state index in [4.69, 9.17) is 10.6 Å². The van der Waals surface area contributed by atoms with Crippen molar-refractivity contribution < 1.29 is 17.9 Å². The first-order valence-electron chi connectivity index (χ1n) is 5.04. The summed E-state index contributed by atoms with van der Waals surface area (Å²) in [5, 5.41) is 0.427. The van der Waals surface area contributed by atoms with Crippen molar-refractivity contribution in [2.75, 3.05) is 18.3 Å². The molecule has 0 aliphatic heterocycles. The predicted molar refractivity (Wildman–Crippen MR) is 62.4 cm³/mol. The molecule has 9 heteroatoms. The number of aromatic nitrogens is 2. The number of nitrogens with two attached hydrogens (primary N) is 1. The normalized spacial score (nSPS) is 11.4. The van der Waals surface area contributed by atoms with Gasteiger partial charge in [0.05, 0.1) is 6.61 Å². The van der Waals surface area contributed by atoms with Gasteiger partial charge in [-0.2, -0.15) is 18.2 Å². The quantitative estimate of drug-likeness (QED) is 0.274. The van der Waals surface area contributed by atoms with Gasteiger partial charge in [-0.05, 0) is 12.7 Å². The largest absolute Gasteiger partial charge is 0.478 e. The molecular formula is C9H13F3N4OS. The molecule has 1 heterocycles. The van der Waals surface area contributed by atoms with Gasteiger partial charge in [0.1, 0.15) is 5.82 Å². The van der Waals surface area contributed by atoms with Crippen LogP contribution < -0.4 is 16.0 Å². The maximum absolute atomic E-state index is 11.9. The summed E-state index contributed by atoms with van der Waals surface area (Å²) in [7, 11) is 0. The molecule has 102 valence electrons. The third kappa shape index (κ3) is 5.41. The minimum atomic E-state index is -4.16. The molecule has 0 unspecified atom stereocenters. The first-order valence-corrected chi connectivity index (χ1v) is 6.26. The number of hydrazine groups is 1. The molecule has 0 spiro atoms. The summed E-state index contributed by atoms with van der Waals surface area (Å²) in [5.74, 6) is 5.75. The molecule has 0 saturated carbocycles. The number of hydrogen-bond acceptors (Lipinski definition) is 6. The molecule has 0 radical (unpaired) electrons. The molecule has 0 saturated heterocycles. The fourth-order valence-corrected chi connectivity index (χ4v) is 1.46. The zero-order chi connectivity index (χ0) is 13.6. The Balaban J connectivity index is 2.51. The first-order chi connectivity index (χ1) is 8.44. The Morgan fingerprint density at radius 2 is 2.17 bits per heavy atom. The monoisotopic (exact) mass is 282 g/mol. The van der Waals surface area contributed by atoms with Gasteiger partial charge in [0, 0.05) is 12.5 Å². The molecule has 0 fully saturated rings. The van der Waals surface area contributed by atoms with Crippen molar-refractivity contribution in [3.63, 3.8) is 0 Å². The van der Waals surface area contributed by atoms with Gasteiger partial charge < -0.3 is 10.2 Å². The lowest BCUT2D eigenvalue weighted by atomic mass is 10.3. The summed E-state index contributed by atoms with van der Waals surface area (Å²) >= 11 is 1.28. The summed E-state index contributed by atoms with van der Waals surface area (Å²) in [6.07, 6.45) is -3.39. The van der Waals surface area contributed by atoms with E-state index in [1.807, 2.05) is 0 Å². The molecule has 0 atom stereocenters. The highest BCUT2D eigenvalue weighted by Gasteiger charge is 2.26. The van der Waals surface area contributed by atoms with Crippen molar-refractivity contribution in [2.45, 2.75) is 24.2 Å². The molecule has 1 aromatic rings. The summed E-state index contributed by atoms with van der Waals surface area (Å²) in [6, 6.07) is 1.42. The van der Waals surface area contributed by atoms with Crippen LogP contribution in [0.15, 0.2) is 11.2 Å². The van der Waals surface area contributed by atoms with Gasteiger partial charge >= 0.3 is 6.18 Å². The van der Waals surface area contributed by atoms with Crippen LogP contribution in [0.4, 0.5) is 19.0 Å². The maximum atomic E-state index is 11.9. The van der Waals surface area contributed by atoms with E-state index in [2.05, 4.69) is 15.4 Å². The van der Waals surface area contributed by atoms with E-state index in [1.54, 1.807) is 6.26 Å². The number of ether oxygens (including phenoxy) is 1. The van der Waals surface area contributed by atoms with Crippen LogP contribution in [0, 0.1) is 0 Å². The van der Waals surface area contributed by atoms with Crippen molar-refractivity contribution in [2.24, 2.45) is 5.84 Å². The zero-order valence-corrected chi connectivity index (χ0v) is 10.4. The number of thioether (sulfide) groups is 1. The van der Waals surface area contributed by atoms with Gasteiger partial charge in [0.2, 0.25) is 5.88 Å². The number of hydrogen-bond donors (Lipinski definition) is 2. The van der Waals surface area contributed by atoms with Gasteiger partial charge in [0.15, 0.2) is 5.16 Å². The molecule has 0 bridgehead atoms. The SMILES string of the molecule is CSc1nc(NN)cc(OCCCC(F)(F)F)n1. The second-order valence-corrected chi connectivity index (χ2v) is 4.06. The summed E-state index contributed by atoms with van der Waals surface area (Å²) < 4.78 is 40.8. The molecular weight excluding hydrogens is 269 g/mol. The Morgan fingerprint density at radius 3 is 2.72 bits per heavy atom. The molecule has 5 nitrogen and oxygen atoms in total. The highest BCUT2D eigenvalue weighted by molar-refractivity contribution is 7.98. The molecule has 1 rings (SSSR count). The van der Waals surface area contributed by atoms with E-state index >= 15 is 0 Å². The van der Waals surface area contributed by atoms with Gasteiger partial charge in [0.25, 0.3) is 0 Å². The van der Waals surface area contributed by atoms with Crippen molar-refractivity contribution in [1.82, 2.24) is 9.97 Å². The Hall–Kier alpha value is -1.22. The van der Waals surface area contributed by atoms with Crippen LogP contribution in [0.25, 0.3) is 0 Å². The Bertz CT molecular complexity index is 366. The number of nitrogen functional groups attached to an aromatic ring is 1. The van der Waals surface area contributed by atoms with Crippen molar-refractivity contribution in [3.05, 3.63) is 6.07 Å². The van der Waals surface area contributed by atoms with Crippen LogP contribution in [-0.2, 0) is 0 Å². The minimum Gasteiger partial charge on any atom is -0.478 e. The first kappa shape index (κ1) is 14.8. The van der Waals surface area contributed by atoms with Crippen molar-refractivity contribution >= 4 is 17.6 Å². The molecule has 3 N–H and O–H groups in total. The second kappa shape index (κ2) is 6.64. The third-order valence-electron chi connectivity index (χ3n) is 1.87. The zero-order valence-electron chi connectivity index (χ0n) is 9.62. The number of halogens is 3. The van der Waals surface area contributed by atoms with E-state index in [0.29, 0.717) is 11.0 Å². The summed E-state index contributed by atoms with van der Waals surface area (Å²) in [6.45, 7) is -0.0612. The fourth-order valence-electron chi connectivity index (χ4n) is 1.09. The van der Waals surface area contributed by atoms with E-state index in [0.717, 1.165) is 0 Å². The van der Waals surface area contributed by atoms with E-state index in [-0.39, 0.29) is 18.9 Å². The van der Waals surface area contributed by atoms with Crippen LogP contribution in [0.2, 0.25) is 0 Å². The average molecular weight is 282 g/mol. The lowest BCUT2D eigenvalue weighted by molar-refractivity contribution is -0.136. The lowest BCUT2D eigenvalue weighted by Crippen LogP contribution is -2.12. The number of alkyl halides is 3. The smallest absolute Gasteiger partial charge is 0.389 e. The van der Waals surface area contributed by atoms with Crippen LogP contribution in [-0.4, -0.2) is 29.0 Å². The fraction of sp³-hybridized carbons (Fsp3) is 0.556. The minimum absolute atomic E-state index is 0.0612. The number of nitrogens with zero attached hydrogens (tertiary/aromatic N) is 2. The van der Waals surface area contributed by atoms with Crippen molar-refractivity contribution in [1.29, 1.82) is 0 Å². The van der Waals surface area contributed by atoms with Crippen LogP contribution in [0.5, 0.6) is 5.88 Å². The Morgan fingerprint density at radius 1 is 1.44 bits per heavy atom. The van der Waals surface area contributed by atoms with Gasteiger partial charge in [-0.1, -0.05) is 11.8 Å². The number of rotatable bonds is 6. The number of nitrogens with one attached hydrogen (secondary N) is 1. The second-order valence-electron chi connectivity index (χ2n) is 3.29. The summed E-state index contributed by atoms with van der Waals surface area (Å²) in [4.78, 5) is 7.98. The Labute approximate surface area is 106 Å². The molecule has 0 aliphatic rings.